The fraction of sp³-hybridized carbons (Fsp3) is 0.467. The summed E-state index contributed by atoms with van der Waals surface area (Å²) in [5.74, 6) is -0.103. The van der Waals surface area contributed by atoms with Crippen molar-refractivity contribution in [1.82, 2.24) is 5.32 Å². The number of thiocarbonyl (C=S) groups is 1. The van der Waals surface area contributed by atoms with E-state index in [0.717, 1.165) is 10.0 Å². The van der Waals surface area contributed by atoms with Crippen molar-refractivity contribution < 1.29 is 9.53 Å². The van der Waals surface area contributed by atoms with Crippen molar-refractivity contribution in [2.24, 2.45) is 11.1 Å². The van der Waals surface area contributed by atoms with Gasteiger partial charge in [0.25, 0.3) is 0 Å². The summed E-state index contributed by atoms with van der Waals surface area (Å²) in [6, 6.07) is 7.77. The summed E-state index contributed by atoms with van der Waals surface area (Å²) in [4.78, 5) is 12.9. The Kier molecular flexibility index (Phi) is 5.35. The molecule has 21 heavy (non-hydrogen) atoms. The van der Waals surface area contributed by atoms with Crippen LogP contribution in [-0.2, 0) is 9.53 Å². The van der Waals surface area contributed by atoms with Crippen molar-refractivity contribution in [2.75, 3.05) is 13.2 Å². The minimum atomic E-state index is -0.781. The Morgan fingerprint density at radius 2 is 1.95 bits per heavy atom. The van der Waals surface area contributed by atoms with Gasteiger partial charge in [0.15, 0.2) is 0 Å². The number of amides is 1. The largest absolute Gasteiger partial charge is 0.392 e. The average molecular weight is 371 g/mol. The third-order valence-corrected chi connectivity index (χ3v) is 4.89. The first-order valence-electron chi connectivity index (χ1n) is 6.90. The molecule has 1 aliphatic rings. The molecule has 3 N–H and O–H groups in total. The lowest BCUT2D eigenvalue weighted by molar-refractivity contribution is -0.132. The number of halogens is 1. The molecular weight excluding hydrogens is 352 g/mol. The first kappa shape index (κ1) is 16.4. The number of carbonyl (C=O) groups is 1. The molecule has 0 radical (unpaired) electrons. The van der Waals surface area contributed by atoms with Gasteiger partial charge in [-0.15, -0.1) is 0 Å². The van der Waals surface area contributed by atoms with Crippen LogP contribution in [0.15, 0.2) is 28.7 Å². The SMILES string of the molecule is CC(NC(=O)C1(C(N)=S)CCOCC1)c1ccc(Br)cc1. The quantitative estimate of drug-likeness (QED) is 0.799. The van der Waals surface area contributed by atoms with E-state index in [-0.39, 0.29) is 16.9 Å². The van der Waals surface area contributed by atoms with Crippen LogP contribution in [0.25, 0.3) is 0 Å². The van der Waals surface area contributed by atoms with Crippen LogP contribution >= 0.6 is 28.1 Å². The Balaban J connectivity index is 2.11. The molecule has 1 fully saturated rings. The van der Waals surface area contributed by atoms with Gasteiger partial charge in [-0.05, 0) is 37.5 Å². The highest BCUT2D eigenvalue weighted by Gasteiger charge is 2.43. The molecule has 1 unspecified atom stereocenters. The molecule has 1 aromatic rings. The summed E-state index contributed by atoms with van der Waals surface area (Å²) in [7, 11) is 0. The highest BCUT2D eigenvalue weighted by molar-refractivity contribution is 9.10. The number of rotatable bonds is 4. The molecule has 4 nitrogen and oxygen atoms in total. The molecule has 0 bridgehead atoms. The van der Waals surface area contributed by atoms with Gasteiger partial charge < -0.3 is 15.8 Å². The maximum absolute atomic E-state index is 12.7. The first-order chi connectivity index (χ1) is 9.95. The molecule has 0 aromatic heterocycles. The van der Waals surface area contributed by atoms with Gasteiger partial charge in [-0.25, -0.2) is 0 Å². The average Bonchev–Trinajstić information content (AvgIpc) is 2.48. The molecular formula is C15H19BrN2O2S. The number of carbonyl (C=O) groups excluding carboxylic acids is 1. The summed E-state index contributed by atoms with van der Waals surface area (Å²) in [5, 5.41) is 3.03. The van der Waals surface area contributed by atoms with Gasteiger partial charge in [-0.1, -0.05) is 40.3 Å². The standard InChI is InChI=1S/C15H19BrN2O2S/c1-10(11-2-4-12(16)5-3-11)18-14(19)15(13(17)21)6-8-20-9-7-15/h2-5,10H,6-9H2,1H3,(H2,17,21)(H,18,19). The van der Waals surface area contributed by atoms with Gasteiger partial charge in [0.2, 0.25) is 5.91 Å². The van der Waals surface area contributed by atoms with Gasteiger partial charge in [0.1, 0.15) is 5.41 Å². The van der Waals surface area contributed by atoms with Gasteiger partial charge in [0, 0.05) is 17.7 Å². The van der Waals surface area contributed by atoms with E-state index in [1.807, 2.05) is 31.2 Å². The lowest BCUT2D eigenvalue weighted by Gasteiger charge is -2.35. The second-order valence-electron chi connectivity index (χ2n) is 5.31. The minimum Gasteiger partial charge on any atom is -0.392 e. The molecule has 1 saturated heterocycles. The Bertz CT molecular complexity index is 527. The van der Waals surface area contributed by atoms with Gasteiger partial charge in [-0.2, -0.15) is 0 Å². The molecule has 114 valence electrons. The fourth-order valence-electron chi connectivity index (χ4n) is 2.47. The van der Waals surface area contributed by atoms with E-state index in [2.05, 4.69) is 21.2 Å². The molecule has 0 spiro atoms. The third-order valence-electron chi connectivity index (χ3n) is 3.97. The van der Waals surface area contributed by atoms with E-state index < -0.39 is 5.41 Å². The summed E-state index contributed by atoms with van der Waals surface area (Å²) in [6.45, 7) is 2.97. The van der Waals surface area contributed by atoms with Crippen molar-refractivity contribution in [1.29, 1.82) is 0 Å². The summed E-state index contributed by atoms with van der Waals surface area (Å²) in [5.41, 5.74) is 6.10. The van der Waals surface area contributed by atoms with Gasteiger partial charge in [-0.3, -0.25) is 4.79 Å². The van der Waals surface area contributed by atoms with Crippen LogP contribution in [0.3, 0.4) is 0 Å². The molecule has 6 heteroatoms. The van der Waals surface area contributed by atoms with Crippen LogP contribution in [0, 0.1) is 5.41 Å². The van der Waals surface area contributed by atoms with Crippen molar-refractivity contribution in [2.45, 2.75) is 25.8 Å². The van der Waals surface area contributed by atoms with Crippen LogP contribution in [0.2, 0.25) is 0 Å². The summed E-state index contributed by atoms with van der Waals surface area (Å²) >= 11 is 8.55. The van der Waals surface area contributed by atoms with Crippen LogP contribution in [-0.4, -0.2) is 24.1 Å². The monoisotopic (exact) mass is 370 g/mol. The maximum atomic E-state index is 12.7. The Morgan fingerprint density at radius 3 is 2.48 bits per heavy atom. The molecule has 1 amide bonds. The van der Waals surface area contributed by atoms with E-state index in [9.17, 15) is 4.79 Å². The summed E-state index contributed by atoms with van der Waals surface area (Å²) in [6.07, 6.45) is 1.09. The Labute approximate surface area is 138 Å². The lowest BCUT2D eigenvalue weighted by Crippen LogP contribution is -2.52. The zero-order valence-electron chi connectivity index (χ0n) is 11.9. The second kappa shape index (κ2) is 6.85. The molecule has 1 atom stereocenters. The third kappa shape index (κ3) is 3.62. The second-order valence-corrected chi connectivity index (χ2v) is 6.66. The Morgan fingerprint density at radius 1 is 1.38 bits per heavy atom. The normalized spacial score (nSPS) is 18.8. The number of nitrogens with two attached hydrogens (primary N) is 1. The predicted octanol–water partition coefficient (Wildman–Crippen LogP) is 2.71. The molecule has 0 aliphatic carbocycles. The van der Waals surface area contributed by atoms with Crippen molar-refractivity contribution in [3.8, 4) is 0 Å². The van der Waals surface area contributed by atoms with Crippen LogP contribution in [0.5, 0.6) is 0 Å². The lowest BCUT2D eigenvalue weighted by atomic mass is 9.79. The van der Waals surface area contributed by atoms with E-state index >= 15 is 0 Å². The number of benzene rings is 1. The molecule has 2 rings (SSSR count). The molecule has 1 aromatic carbocycles. The topological polar surface area (TPSA) is 64.4 Å². The van der Waals surface area contributed by atoms with Crippen LogP contribution in [0.1, 0.15) is 31.4 Å². The number of hydrogen-bond acceptors (Lipinski definition) is 3. The number of nitrogens with one attached hydrogen (secondary N) is 1. The number of ether oxygens (including phenoxy) is 1. The molecule has 1 aliphatic heterocycles. The maximum Gasteiger partial charge on any atom is 0.233 e. The van der Waals surface area contributed by atoms with Gasteiger partial charge >= 0.3 is 0 Å². The van der Waals surface area contributed by atoms with Crippen LogP contribution < -0.4 is 11.1 Å². The van der Waals surface area contributed by atoms with Crippen LogP contribution in [0.4, 0.5) is 0 Å². The van der Waals surface area contributed by atoms with E-state index in [4.69, 9.17) is 22.7 Å². The zero-order valence-corrected chi connectivity index (χ0v) is 14.3. The molecule has 1 heterocycles. The van der Waals surface area contributed by atoms with E-state index in [1.54, 1.807) is 0 Å². The van der Waals surface area contributed by atoms with E-state index in [0.29, 0.717) is 26.1 Å². The minimum absolute atomic E-state index is 0.0975. The van der Waals surface area contributed by atoms with Crippen molar-refractivity contribution in [3.63, 3.8) is 0 Å². The highest BCUT2D eigenvalue weighted by Crippen LogP contribution is 2.32. The van der Waals surface area contributed by atoms with Gasteiger partial charge in [0.05, 0.1) is 11.0 Å². The first-order valence-corrected chi connectivity index (χ1v) is 8.10. The zero-order chi connectivity index (χ0) is 15.5. The van der Waals surface area contributed by atoms with E-state index in [1.165, 1.54) is 0 Å². The predicted molar refractivity (Wildman–Crippen MR) is 90.0 cm³/mol. The van der Waals surface area contributed by atoms with Crippen molar-refractivity contribution in [3.05, 3.63) is 34.3 Å². The fourth-order valence-corrected chi connectivity index (χ4v) is 3.04. The summed E-state index contributed by atoms with van der Waals surface area (Å²) < 4.78 is 6.34. The number of hydrogen-bond donors (Lipinski definition) is 2. The highest BCUT2D eigenvalue weighted by atomic mass is 79.9. The Hall–Kier alpha value is -0.980. The molecule has 0 saturated carbocycles. The van der Waals surface area contributed by atoms with Crippen molar-refractivity contribution >= 4 is 39.0 Å². The smallest absolute Gasteiger partial charge is 0.233 e.